The van der Waals surface area contributed by atoms with Crippen LogP contribution in [0, 0.1) is 0 Å². The summed E-state index contributed by atoms with van der Waals surface area (Å²) in [5.74, 6) is 1.79. The van der Waals surface area contributed by atoms with Gasteiger partial charge in [-0.3, -0.25) is 81.5 Å². The fourth-order valence-electron chi connectivity index (χ4n) is 15.5. The molecule has 0 amide bonds. The number of ether oxygens (including phenoxy) is 4. The summed E-state index contributed by atoms with van der Waals surface area (Å²) in [6.07, 6.45) is 6.29. The van der Waals surface area contributed by atoms with E-state index in [2.05, 4.69) is 20.4 Å². The van der Waals surface area contributed by atoms with Crippen LogP contribution in [-0.4, -0.2) is 32.2 Å². The molecule has 0 unspecified atom stereocenters. The minimum absolute atomic E-state index is 0.00811. The maximum atomic E-state index is 13.4. The predicted octanol–water partition coefficient (Wildman–Crippen LogP) is 14.4. The fourth-order valence-corrected chi connectivity index (χ4v) is 20.4. The summed E-state index contributed by atoms with van der Waals surface area (Å²) in [4.78, 5) is 222. The summed E-state index contributed by atoms with van der Waals surface area (Å²) >= 11 is 3.70. The molecular weight excluding hydrogens is 1620 g/mol. The van der Waals surface area contributed by atoms with Crippen molar-refractivity contribution in [2.45, 2.75) is 59.3 Å². The summed E-state index contributed by atoms with van der Waals surface area (Å²) < 4.78 is 23.7. The number of unbranched alkanes of at least 4 members (excludes halogenated alkanes) is 2. The number of carbonyl (C=O) groups excluding carboxylic acids is 1. The van der Waals surface area contributed by atoms with Crippen molar-refractivity contribution in [3.05, 3.63) is 346 Å². The Labute approximate surface area is 691 Å². The third-order valence-electron chi connectivity index (χ3n) is 21.5. The Bertz CT molecular complexity index is 8680. The molecule has 0 N–H and O–H groups in total. The third kappa shape index (κ3) is 13.1. The molecule has 0 radical (unpaired) electrons. The lowest BCUT2D eigenvalue weighted by molar-refractivity contribution is -0.117. The van der Waals surface area contributed by atoms with E-state index in [1.165, 1.54) is 25.1 Å². The molecule has 20 rings (SSSR count). The number of thiophene rings is 4. The second kappa shape index (κ2) is 31.6. The van der Waals surface area contributed by atoms with Crippen molar-refractivity contribution < 1.29 is 23.7 Å². The second-order valence-corrected chi connectivity index (χ2v) is 33.0. The normalized spacial score (nSPS) is 11.7. The van der Waals surface area contributed by atoms with Gasteiger partial charge in [0.05, 0.1) is 107 Å². The summed E-state index contributed by atoms with van der Waals surface area (Å²) in [6, 6.07) is 44.9. The molecule has 121 heavy (non-hydrogen) atoms. The van der Waals surface area contributed by atoms with Crippen LogP contribution in [0.1, 0.15) is 59.3 Å². The Morgan fingerprint density at radius 3 is 0.661 bits per heavy atom. The van der Waals surface area contributed by atoms with E-state index >= 15 is 0 Å². The van der Waals surface area contributed by atoms with Gasteiger partial charge in [-0.05, 0) is 99.0 Å². The zero-order chi connectivity index (χ0) is 84.8. The highest BCUT2D eigenvalue weighted by Crippen LogP contribution is 2.36. The summed E-state index contributed by atoms with van der Waals surface area (Å²) in [5, 5.41) is 4.18. The third-order valence-corrected chi connectivity index (χ3v) is 26.3. The first-order chi connectivity index (χ1) is 58.5. The summed E-state index contributed by atoms with van der Waals surface area (Å²) in [5.41, 5.74) is -6.17. The molecule has 0 saturated carbocycles. The number of ketones is 1. The van der Waals surface area contributed by atoms with E-state index in [0.29, 0.717) is 65.4 Å². The molecule has 0 saturated heterocycles. The van der Waals surface area contributed by atoms with Gasteiger partial charge in [-0.15, -0.1) is 51.9 Å². The van der Waals surface area contributed by atoms with Crippen molar-refractivity contribution in [3.8, 4) is 23.0 Å². The van der Waals surface area contributed by atoms with Crippen molar-refractivity contribution in [2.75, 3.05) is 26.4 Å². The van der Waals surface area contributed by atoms with Gasteiger partial charge in [0.25, 0.3) is 0 Å². The molecule has 0 aliphatic heterocycles. The van der Waals surface area contributed by atoms with E-state index in [9.17, 15) is 81.5 Å². The van der Waals surface area contributed by atoms with Crippen LogP contribution < -0.4 is 106 Å². The number of benzene rings is 16. The van der Waals surface area contributed by atoms with Gasteiger partial charge >= 0.3 is 0 Å². The quantitative estimate of drug-likeness (QED) is 0.0640. The molecule has 0 atom stereocenters. The Balaban J connectivity index is 0.000000115. The van der Waals surface area contributed by atoms with E-state index < -0.39 is 48.9 Å². The van der Waals surface area contributed by atoms with E-state index in [0.717, 1.165) is 71.0 Å². The molecule has 0 bridgehead atoms. The topological polar surface area (TPSA) is 327 Å². The predicted molar refractivity (Wildman–Crippen MR) is 489 cm³/mol. The number of Topliss-reactive ketones (excluding diaryl/α,β-unsaturated/α-hetero) is 1. The van der Waals surface area contributed by atoms with Gasteiger partial charge < -0.3 is 18.9 Å². The molecule has 20 aromatic rings. The van der Waals surface area contributed by atoms with Crippen LogP contribution in [0.4, 0.5) is 0 Å². The van der Waals surface area contributed by atoms with Crippen molar-refractivity contribution in [3.63, 3.8) is 0 Å². The molecule has 0 aliphatic rings. The molecule has 0 aliphatic carbocycles. The Hall–Kier alpha value is -14.1. The molecule has 16 aromatic carbocycles. The highest BCUT2D eigenvalue weighted by molar-refractivity contribution is 7.27. The minimum atomic E-state index is -0.486. The standard InChI is InChI=1S/C24H14O6S.2C24H16O5S.C24H14O5S/c1-11(25)8-9-30-12-6-7-15-16(10-12)20(27)18-17-19(26)13-4-2-3-5-14(13)21(28)23(17)31-24(18)22(15)29;3*1-2-3-10-29-12-8-9-15-16(11-12)20(26)18-17-19(25)13-6-4-5-7-14(13)21(27)23(17)30-24(18)22(15)28/h2-7,10H,8-9H2,1H3;2*4-9,11H,2-3,10H2,1H3;2,4-9,11H,1,3,10H2. The number of fused-ring (bicyclic) bond motifs is 20. The molecule has 0 fully saturated rings. The molecule has 4 heterocycles. The maximum Gasteiger partial charge on any atom is 0.204 e. The highest BCUT2D eigenvalue weighted by Gasteiger charge is 2.28. The number of hydrogen-bond donors (Lipinski definition) is 0. The van der Waals surface area contributed by atoms with Crippen LogP contribution >= 0.6 is 45.3 Å². The van der Waals surface area contributed by atoms with E-state index in [1.807, 2.05) is 0 Å². The van der Waals surface area contributed by atoms with Gasteiger partial charge in [0.2, 0.25) is 43.4 Å². The first-order valence-electron chi connectivity index (χ1n) is 38.4. The first-order valence-corrected chi connectivity index (χ1v) is 41.7. The zero-order valence-electron chi connectivity index (χ0n) is 64.2. The van der Waals surface area contributed by atoms with Crippen molar-refractivity contribution in [1.29, 1.82) is 0 Å². The minimum Gasteiger partial charge on any atom is -0.494 e. The Morgan fingerprint density at radius 2 is 0.455 bits per heavy atom. The molecule has 21 nitrogen and oxygen atoms in total. The van der Waals surface area contributed by atoms with Crippen LogP contribution in [0.3, 0.4) is 0 Å². The van der Waals surface area contributed by atoms with Gasteiger partial charge in [0.1, 0.15) is 28.8 Å². The fraction of sp³-hybridized carbons (Fsp3) is 0.135. The summed E-state index contributed by atoms with van der Waals surface area (Å²) in [6.45, 7) is 10.8. The van der Waals surface area contributed by atoms with Gasteiger partial charge in [-0.2, -0.15) is 0 Å². The highest BCUT2D eigenvalue weighted by atomic mass is 32.1. The van der Waals surface area contributed by atoms with Crippen molar-refractivity contribution in [2.24, 2.45) is 0 Å². The maximum absolute atomic E-state index is 13.4. The first kappa shape index (κ1) is 79.4. The van der Waals surface area contributed by atoms with E-state index in [-0.39, 0.29) is 208 Å². The monoisotopic (exact) mass is 1680 g/mol. The van der Waals surface area contributed by atoms with Crippen LogP contribution in [0.25, 0.3) is 167 Å². The SMILES string of the molecule is C=CCCOc1ccc2c(=O)c3sc4c(=O)c5ccccc5c(=O)c4c3c(=O)c2c1.CC(=O)CCOc1ccc2c(=O)c3sc4c(=O)c5ccccc5c(=O)c4c3c(=O)c2c1.CCCCOc1ccc2c(=O)c3sc4c(=O)c5ccccc5c(=O)c4c3c(=O)c2c1.CCCCOc1ccc2c(=O)c3sc4c(=O)c5ccccc5c(=O)c4c3c(=O)c2c1. The molecule has 4 aromatic heterocycles. The van der Waals surface area contributed by atoms with E-state index in [1.54, 1.807) is 158 Å². The number of carbonyl (C=O) groups is 1. The Morgan fingerprint density at radius 1 is 0.264 bits per heavy atom. The smallest absolute Gasteiger partial charge is 0.204 e. The molecule has 594 valence electrons. The van der Waals surface area contributed by atoms with Crippen molar-refractivity contribution >= 4 is 218 Å². The molecular formula is C96H60O21S4. The number of rotatable bonds is 16. The Kier molecular flexibility index (Phi) is 20.8. The molecule has 25 heteroatoms. The van der Waals surface area contributed by atoms with Gasteiger partial charge in [-0.1, -0.05) is 130 Å². The lowest BCUT2D eigenvalue weighted by atomic mass is 10.0. The van der Waals surface area contributed by atoms with Crippen LogP contribution in [0.2, 0.25) is 0 Å². The number of hydrogen-bond acceptors (Lipinski definition) is 25. The van der Waals surface area contributed by atoms with Crippen molar-refractivity contribution in [1.82, 2.24) is 0 Å². The lowest BCUT2D eigenvalue weighted by Gasteiger charge is -2.06. The second-order valence-electron chi connectivity index (χ2n) is 28.9. The average molecular weight is 1680 g/mol. The lowest BCUT2D eigenvalue weighted by Crippen LogP contribution is -2.15. The van der Waals surface area contributed by atoms with Crippen LogP contribution in [0.5, 0.6) is 23.0 Å². The largest absolute Gasteiger partial charge is 0.494 e. The van der Waals surface area contributed by atoms with Crippen LogP contribution in [-0.2, 0) is 4.79 Å². The van der Waals surface area contributed by atoms with Gasteiger partial charge in [-0.25, -0.2) is 0 Å². The van der Waals surface area contributed by atoms with Gasteiger partial charge in [0, 0.05) is 92.6 Å². The summed E-state index contributed by atoms with van der Waals surface area (Å²) in [7, 11) is 0. The average Bonchev–Trinajstić information content (AvgIpc) is 1.60. The van der Waals surface area contributed by atoms with Crippen LogP contribution in [0.15, 0.2) is 259 Å². The van der Waals surface area contributed by atoms with Gasteiger partial charge in [0.15, 0.2) is 43.4 Å². The van der Waals surface area contributed by atoms with E-state index in [4.69, 9.17) is 18.9 Å². The molecule has 0 spiro atoms. The zero-order valence-corrected chi connectivity index (χ0v) is 67.5.